The molecule has 192 valence electrons. The first-order valence-electron chi connectivity index (χ1n) is 14.4. The number of carbonyl (C=O) groups excluding carboxylic acids is 2. The zero-order valence-electron chi connectivity index (χ0n) is 21.5. The molecule has 3 N–H and O–H groups in total. The first-order valence-corrected chi connectivity index (χ1v) is 14.4. The molecule has 0 atom stereocenters. The highest BCUT2D eigenvalue weighted by Gasteiger charge is 2.54. The Morgan fingerprint density at radius 3 is 2.08 bits per heavy atom. The number of benzene rings is 2. The SMILES string of the molecule is O=C(Nc1ccc(-c2cc3ccc(NC(=O)C45CC6CC(CC(C6)C4)C5)cc3[nH]2)cc1)C1CCCCC1. The third-order valence-corrected chi connectivity index (χ3v) is 9.84. The Hall–Kier alpha value is -3.08. The van der Waals surface area contributed by atoms with Crippen molar-refractivity contribution < 1.29 is 9.59 Å². The van der Waals surface area contributed by atoms with E-state index in [1.54, 1.807) is 0 Å². The van der Waals surface area contributed by atoms with Crippen LogP contribution in [0.3, 0.4) is 0 Å². The van der Waals surface area contributed by atoms with Gasteiger partial charge in [0.05, 0.1) is 5.41 Å². The van der Waals surface area contributed by atoms with Gasteiger partial charge >= 0.3 is 0 Å². The average molecular weight is 496 g/mol. The first-order chi connectivity index (χ1) is 18.0. The standard InChI is InChI=1S/C32H37N3O2/c36-30(24-4-2-1-3-5-24)33-26-9-6-23(7-10-26)28-15-25-8-11-27(16-29(25)35-28)34-31(37)32-17-20-12-21(18-32)14-22(13-20)19-32/h6-11,15-16,20-22,24,35H,1-5,12-14,17-19H2,(H,33,36)(H,34,37). The number of carbonyl (C=O) groups is 2. The smallest absolute Gasteiger partial charge is 0.230 e. The molecule has 8 rings (SSSR count). The summed E-state index contributed by atoms with van der Waals surface area (Å²) in [6.07, 6.45) is 12.8. The second-order valence-corrected chi connectivity index (χ2v) is 12.5. The van der Waals surface area contributed by atoms with Crippen molar-refractivity contribution in [2.75, 3.05) is 10.6 Å². The van der Waals surface area contributed by atoms with Crippen LogP contribution in [0.1, 0.15) is 70.6 Å². The van der Waals surface area contributed by atoms with E-state index in [1.165, 1.54) is 25.7 Å². The molecule has 5 aliphatic rings. The number of anilines is 2. The summed E-state index contributed by atoms with van der Waals surface area (Å²) < 4.78 is 0. The third-order valence-electron chi connectivity index (χ3n) is 9.84. The van der Waals surface area contributed by atoms with Crippen LogP contribution in [-0.2, 0) is 9.59 Å². The zero-order valence-corrected chi connectivity index (χ0v) is 21.5. The fourth-order valence-electron chi connectivity index (χ4n) is 8.35. The van der Waals surface area contributed by atoms with Crippen LogP contribution in [0.2, 0.25) is 0 Å². The number of nitrogens with one attached hydrogen (secondary N) is 3. The number of H-pyrrole nitrogens is 1. The van der Waals surface area contributed by atoms with Crippen LogP contribution in [0.25, 0.3) is 22.2 Å². The molecule has 0 radical (unpaired) electrons. The summed E-state index contributed by atoms with van der Waals surface area (Å²) in [6.45, 7) is 0. The molecule has 5 saturated carbocycles. The molecule has 4 bridgehead atoms. The van der Waals surface area contributed by atoms with E-state index in [1.807, 2.05) is 18.2 Å². The van der Waals surface area contributed by atoms with Crippen LogP contribution in [0.15, 0.2) is 48.5 Å². The van der Waals surface area contributed by atoms with E-state index in [9.17, 15) is 9.59 Å². The molecule has 2 amide bonds. The van der Waals surface area contributed by atoms with Gasteiger partial charge in [-0.15, -0.1) is 0 Å². The van der Waals surface area contributed by atoms with Gasteiger partial charge in [0.25, 0.3) is 0 Å². The maximum atomic E-state index is 13.5. The second kappa shape index (κ2) is 9.04. The van der Waals surface area contributed by atoms with Gasteiger partial charge in [-0.1, -0.05) is 37.5 Å². The third kappa shape index (κ3) is 4.36. The maximum Gasteiger partial charge on any atom is 0.230 e. The number of rotatable bonds is 5. The molecule has 0 spiro atoms. The molecule has 0 unspecified atom stereocenters. The van der Waals surface area contributed by atoms with E-state index in [0.29, 0.717) is 0 Å². The highest BCUT2D eigenvalue weighted by Crippen LogP contribution is 2.60. The van der Waals surface area contributed by atoms with Crippen LogP contribution < -0.4 is 10.6 Å². The summed E-state index contributed by atoms with van der Waals surface area (Å²) in [5, 5.41) is 7.52. The van der Waals surface area contributed by atoms with Crippen molar-refractivity contribution in [2.45, 2.75) is 70.6 Å². The maximum absolute atomic E-state index is 13.5. The van der Waals surface area contributed by atoms with Crippen molar-refractivity contribution >= 4 is 34.1 Å². The van der Waals surface area contributed by atoms with Crippen LogP contribution in [-0.4, -0.2) is 16.8 Å². The van der Waals surface area contributed by atoms with Crippen molar-refractivity contribution in [3.8, 4) is 11.3 Å². The van der Waals surface area contributed by atoms with E-state index < -0.39 is 0 Å². The van der Waals surface area contributed by atoms with Gasteiger partial charge in [0, 0.05) is 33.9 Å². The predicted octanol–water partition coefficient (Wildman–Crippen LogP) is 7.51. The fraction of sp³-hybridized carbons (Fsp3) is 0.500. The van der Waals surface area contributed by atoms with Gasteiger partial charge in [0.15, 0.2) is 0 Å². The first kappa shape index (κ1) is 23.1. The van der Waals surface area contributed by atoms with Gasteiger partial charge in [-0.25, -0.2) is 0 Å². The van der Waals surface area contributed by atoms with Gasteiger partial charge in [-0.05, 0) is 105 Å². The number of hydrogen-bond acceptors (Lipinski definition) is 2. The topological polar surface area (TPSA) is 74.0 Å². The monoisotopic (exact) mass is 495 g/mol. The van der Waals surface area contributed by atoms with Gasteiger partial charge in [0.2, 0.25) is 11.8 Å². The molecular weight excluding hydrogens is 458 g/mol. The number of fused-ring (bicyclic) bond motifs is 1. The Balaban J connectivity index is 1.04. The Morgan fingerprint density at radius 2 is 1.41 bits per heavy atom. The number of aromatic amines is 1. The minimum atomic E-state index is -0.140. The molecule has 0 saturated heterocycles. The van der Waals surface area contributed by atoms with E-state index >= 15 is 0 Å². The summed E-state index contributed by atoms with van der Waals surface area (Å²) in [6, 6.07) is 16.4. The number of amides is 2. The van der Waals surface area contributed by atoms with Crippen molar-refractivity contribution in [2.24, 2.45) is 29.1 Å². The normalized spacial score (nSPS) is 28.9. The van der Waals surface area contributed by atoms with Crippen LogP contribution in [0.5, 0.6) is 0 Å². The van der Waals surface area contributed by atoms with E-state index in [2.05, 4.69) is 45.9 Å². The molecule has 5 fully saturated rings. The molecule has 1 aromatic heterocycles. The lowest BCUT2D eigenvalue weighted by atomic mass is 9.49. The second-order valence-electron chi connectivity index (χ2n) is 12.5. The molecule has 37 heavy (non-hydrogen) atoms. The quantitative estimate of drug-likeness (QED) is 0.343. The molecule has 5 aliphatic carbocycles. The summed E-state index contributed by atoms with van der Waals surface area (Å²) in [5.74, 6) is 2.83. The van der Waals surface area contributed by atoms with Crippen molar-refractivity contribution in [3.63, 3.8) is 0 Å². The Bertz CT molecular complexity index is 1300. The average Bonchev–Trinajstić information content (AvgIpc) is 3.32. The van der Waals surface area contributed by atoms with Gasteiger partial charge < -0.3 is 15.6 Å². The Labute approximate surface area is 218 Å². The van der Waals surface area contributed by atoms with Gasteiger partial charge in [0.1, 0.15) is 0 Å². The van der Waals surface area contributed by atoms with E-state index in [-0.39, 0.29) is 23.1 Å². The number of hydrogen-bond donors (Lipinski definition) is 3. The summed E-state index contributed by atoms with van der Waals surface area (Å²) >= 11 is 0. The zero-order chi connectivity index (χ0) is 25.0. The Morgan fingerprint density at radius 1 is 0.757 bits per heavy atom. The van der Waals surface area contributed by atoms with Crippen molar-refractivity contribution in [3.05, 3.63) is 48.5 Å². The van der Waals surface area contributed by atoms with Gasteiger partial charge in [-0.3, -0.25) is 9.59 Å². The molecule has 5 heteroatoms. The fourth-order valence-corrected chi connectivity index (χ4v) is 8.35. The molecular formula is C32H37N3O2. The minimum Gasteiger partial charge on any atom is -0.354 e. The highest BCUT2D eigenvalue weighted by atomic mass is 16.2. The minimum absolute atomic E-state index is 0.140. The molecule has 1 heterocycles. The number of aromatic nitrogens is 1. The molecule has 3 aromatic rings. The summed E-state index contributed by atoms with van der Waals surface area (Å²) in [7, 11) is 0. The van der Waals surface area contributed by atoms with Gasteiger partial charge in [-0.2, -0.15) is 0 Å². The molecule has 2 aromatic carbocycles. The largest absolute Gasteiger partial charge is 0.354 e. The summed E-state index contributed by atoms with van der Waals surface area (Å²) in [4.78, 5) is 29.6. The lowest BCUT2D eigenvalue weighted by Gasteiger charge is -2.55. The summed E-state index contributed by atoms with van der Waals surface area (Å²) in [5.41, 5.74) is 4.72. The van der Waals surface area contributed by atoms with E-state index in [4.69, 9.17) is 0 Å². The lowest BCUT2D eigenvalue weighted by Crippen LogP contribution is -2.51. The lowest BCUT2D eigenvalue weighted by molar-refractivity contribution is -0.140. The van der Waals surface area contributed by atoms with Crippen molar-refractivity contribution in [1.29, 1.82) is 0 Å². The predicted molar refractivity (Wildman–Crippen MR) is 148 cm³/mol. The molecule has 5 nitrogen and oxygen atoms in total. The van der Waals surface area contributed by atoms with Crippen LogP contribution in [0, 0.1) is 29.1 Å². The highest BCUT2D eigenvalue weighted by molar-refractivity contribution is 5.98. The van der Waals surface area contributed by atoms with E-state index in [0.717, 1.165) is 96.2 Å². The van der Waals surface area contributed by atoms with Crippen LogP contribution >= 0.6 is 0 Å². The molecule has 0 aliphatic heterocycles. The Kier molecular flexibility index (Phi) is 5.63. The van der Waals surface area contributed by atoms with Crippen molar-refractivity contribution in [1.82, 2.24) is 4.98 Å². The van der Waals surface area contributed by atoms with Crippen LogP contribution in [0.4, 0.5) is 11.4 Å².